The van der Waals surface area contributed by atoms with Gasteiger partial charge in [0.25, 0.3) is 5.69 Å². The highest BCUT2D eigenvalue weighted by Crippen LogP contribution is 2.23. The lowest BCUT2D eigenvalue weighted by Gasteiger charge is -2.30. The predicted octanol–water partition coefficient (Wildman–Crippen LogP) is 0.771. The van der Waals surface area contributed by atoms with Crippen molar-refractivity contribution in [1.82, 2.24) is 10.2 Å². The Morgan fingerprint density at radius 2 is 2.10 bits per heavy atom. The van der Waals surface area contributed by atoms with Crippen LogP contribution in [-0.2, 0) is 4.79 Å². The van der Waals surface area contributed by atoms with Gasteiger partial charge >= 0.3 is 0 Å². The fourth-order valence-corrected chi connectivity index (χ4v) is 2.48. The summed E-state index contributed by atoms with van der Waals surface area (Å²) in [5, 5.41) is 14.0. The summed E-state index contributed by atoms with van der Waals surface area (Å²) in [6, 6.07) is 4.69. The molecule has 2 rings (SSSR count). The summed E-state index contributed by atoms with van der Waals surface area (Å²) in [5.41, 5.74) is 1.70. The van der Waals surface area contributed by atoms with Crippen LogP contribution >= 0.6 is 0 Å². The van der Waals surface area contributed by atoms with Crippen molar-refractivity contribution in [3.05, 3.63) is 33.9 Å². The number of likely N-dealkylation sites (N-methyl/N-ethyl adjacent to an activating group) is 1. The van der Waals surface area contributed by atoms with Gasteiger partial charge in [-0.1, -0.05) is 0 Å². The van der Waals surface area contributed by atoms with Gasteiger partial charge in [-0.2, -0.15) is 0 Å². The van der Waals surface area contributed by atoms with Gasteiger partial charge in [0.15, 0.2) is 0 Å². The van der Waals surface area contributed by atoms with E-state index in [2.05, 4.69) is 5.32 Å². The van der Waals surface area contributed by atoms with Gasteiger partial charge in [-0.25, -0.2) is 0 Å². The molecule has 0 aromatic heterocycles. The number of rotatable bonds is 4. The minimum absolute atomic E-state index is 0.0677. The lowest BCUT2D eigenvalue weighted by atomic mass is 10.1. The number of non-ortho nitro benzene ring substituents is 1. The molecule has 0 unspecified atom stereocenters. The van der Waals surface area contributed by atoms with E-state index in [1.54, 1.807) is 6.07 Å². The third-order valence-electron chi connectivity index (χ3n) is 3.64. The van der Waals surface area contributed by atoms with E-state index in [0.717, 1.165) is 37.4 Å². The first-order chi connectivity index (χ1) is 9.99. The molecule has 1 fully saturated rings. The largest absolute Gasteiger partial charge is 0.365 e. The Labute approximate surface area is 123 Å². The zero-order valence-electron chi connectivity index (χ0n) is 12.3. The molecule has 1 aliphatic rings. The van der Waals surface area contributed by atoms with Crippen LogP contribution in [0.5, 0.6) is 0 Å². The number of hydrogen-bond donors (Lipinski definition) is 1. The number of aryl methyl sites for hydroxylation is 1. The molecule has 0 aliphatic carbocycles. The van der Waals surface area contributed by atoms with Crippen molar-refractivity contribution in [1.29, 1.82) is 0 Å². The summed E-state index contributed by atoms with van der Waals surface area (Å²) < 4.78 is 0. The Morgan fingerprint density at radius 1 is 1.43 bits per heavy atom. The molecule has 21 heavy (non-hydrogen) atoms. The zero-order chi connectivity index (χ0) is 15.4. The standard InChI is InChI=1S/C14H20N4O3/c1-11-9-12(18(20)21)3-4-13(11)16(2)10-14(19)17-7-5-15-6-8-17/h3-4,9,15H,5-8,10H2,1-2H3. The van der Waals surface area contributed by atoms with E-state index in [1.807, 2.05) is 23.8 Å². The number of nitrogens with one attached hydrogen (secondary N) is 1. The zero-order valence-corrected chi connectivity index (χ0v) is 12.3. The second-order valence-corrected chi connectivity index (χ2v) is 5.21. The average molecular weight is 292 g/mol. The lowest BCUT2D eigenvalue weighted by Crippen LogP contribution is -2.49. The van der Waals surface area contributed by atoms with Crippen molar-refractivity contribution in [2.45, 2.75) is 6.92 Å². The van der Waals surface area contributed by atoms with Crippen LogP contribution in [0.2, 0.25) is 0 Å². The molecular formula is C14H20N4O3. The Morgan fingerprint density at radius 3 is 2.67 bits per heavy atom. The first-order valence-corrected chi connectivity index (χ1v) is 6.93. The smallest absolute Gasteiger partial charge is 0.269 e. The highest BCUT2D eigenvalue weighted by molar-refractivity contribution is 5.82. The van der Waals surface area contributed by atoms with Gasteiger partial charge < -0.3 is 15.1 Å². The molecule has 7 heteroatoms. The van der Waals surface area contributed by atoms with E-state index in [4.69, 9.17) is 0 Å². The Balaban J connectivity index is 2.04. The molecule has 1 aromatic rings. The quantitative estimate of drug-likeness (QED) is 0.655. The summed E-state index contributed by atoms with van der Waals surface area (Å²) in [4.78, 5) is 26.2. The van der Waals surface area contributed by atoms with Gasteiger partial charge in [0.2, 0.25) is 5.91 Å². The third-order valence-corrected chi connectivity index (χ3v) is 3.64. The summed E-state index contributed by atoms with van der Waals surface area (Å²) >= 11 is 0. The van der Waals surface area contributed by atoms with Gasteiger partial charge in [-0.15, -0.1) is 0 Å². The predicted molar refractivity (Wildman–Crippen MR) is 80.6 cm³/mol. The molecule has 0 bridgehead atoms. The third kappa shape index (κ3) is 3.69. The molecular weight excluding hydrogens is 272 g/mol. The molecule has 1 aliphatic heterocycles. The monoisotopic (exact) mass is 292 g/mol. The van der Waals surface area contributed by atoms with Gasteiger partial charge in [0.05, 0.1) is 11.5 Å². The topological polar surface area (TPSA) is 78.7 Å². The number of anilines is 1. The number of benzene rings is 1. The van der Waals surface area contributed by atoms with Crippen LogP contribution in [0.15, 0.2) is 18.2 Å². The molecule has 1 heterocycles. The first kappa shape index (κ1) is 15.2. The van der Waals surface area contributed by atoms with E-state index in [-0.39, 0.29) is 18.1 Å². The van der Waals surface area contributed by atoms with Crippen LogP contribution in [-0.4, -0.2) is 55.5 Å². The molecule has 1 N–H and O–H groups in total. The van der Waals surface area contributed by atoms with Crippen LogP contribution < -0.4 is 10.2 Å². The van der Waals surface area contributed by atoms with E-state index in [9.17, 15) is 14.9 Å². The van der Waals surface area contributed by atoms with E-state index in [1.165, 1.54) is 12.1 Å². The van der Waals surface area contributed by atoms with Crippen molar-refractivity contribution in [2.75, 3.05) is 44.7 Å². The first-order valence-electron chi connectivity index (χ1n) is 6.93. The molecule has 0 atom stereocenters. The molecule has 0 radical (unpaired) electrons. The van der Waals surface area contributed by atoms with E-state index >= 15 is 0 Å². The van der Waals surface area contributed by atoms with Gasteiger partial charge in [0.1, 0.15) is 0 Å². The van der Waals surface area contributed by atoms with Crippen LogP contribution in [0.1, 0.15) is 5.56 Å². The number of nitro benzene ring substituents is 1. The van der Waals surface area contributed by atoms with Crippen LogP contribution in [0.3, 0.4) is 0 Å². The van der Waals surface area contributed by atoms with Crippen LogP contribution in [0.25, 0.3) is 0 Å². The molecule has 1 saturated heterocycles. The van der Waals surface area contributed by atoms with Crippen molar-refractivity contribution < 1.29 is 9.72 Å². The average Bonchev–Trinajstić information content (AvgIpc) is 2.47. The molecule has 0 saturated carbocycles. The molecule has 7 nitrogen and oxygen atoms in total. The maximum atomic E-state index is 12.2. The minimum Gasteiger partial charge on any atom is -0.365 e. The summed E-state index contributed by atoms with van der Waals surface area (Å²) in [6.07, 6.45) is 0. The lowest BCUT2D eigenvalue weighted by molar-refractivity contribution is -0.384. The van der Waals surface area contributed by atoms with Gasteiger partial charge in [0, 0.05) is 51.0 Å². The molecule has 114 valence electrons. The van der Waals surface area contributed by atoms with E-state index < -0.39 is 4.92 Å². The molecule has 0 spiro atoms. The summed E-state index contributed by atoms with van der Waals surface area (Å²) in [6.45, 7) is 5.20. The highest BCUT2D eigenvalue weighted by atomic mass is 16.6. The highest BCUT2D eigenvalue weighted by Gasteiger charge is 2.19. The number of carbonyl (C=O) groups excluding carboxylic acids is 1. The maximum absolute atomic E-state index is 12.2. The summed E-state index contributed by atoms with van der Waals surface area (Å²) in [5.74, 6) is 0.0803. The van der Waals surface area contributed by atoms with Crippen molar-refractivity contribution in [2.24, 2.45) is 0 Å². The van der Waals surface area contributed by atoms with Crippen molar-refractivity contribution in [3.8, 4) is 0 Å². The normalized spacial score (nSPS) is 14.9. The fourth-order valence-electron chi connectivity index (χ4n) is 2.48. The Bertz CT molecular complexity index is 541. The Hall–Kier alpha value is -2.15. The molecule has 1 amide bonds. The number of carbonyl (C=O) groups is 1. The second-order valence-electron chi connectivity index (χ2n) is 5.21. The van der Waals surface area contributed by atoms with Crippen LogP contribution in [0, 0.1) is 17.0 Å². The maximum Gasteiger partial charge on any atom is 0.269 e. The number of hydrogen-bond acceptors (Lipinski definition) is 5. The number of amides is 1. The molecule has 1 aromatic carbocycles. The summed E-state index contributed by atoms with van der Waals surface area (Å²) in [7, 11) is 1.83. The number of piperazine rings is 1. The SMILES string of the molecule is Cc1cc([N+](=O)[O-])ccc1N(C)CC(=O)N1CCNCC1. The van der Waals surface area contributed by atoms with Crippen LogP contribution in [0.4, 0.5) is 11.4 Å². The fraction of sp³-hybridized carbons (Fsp3) is 0.500. The van der Waals surface area contributed by atoms with Gasteiger partial charge in [-0.05, 0) is 18.6 Å². The van der Waals surface area contributed by atoms with Crippen molar-refractivity contribution >= 4 is 17.3 Å². The van der Waals surface area contributed by atoms with Crippen molar-refractivity contribution in [3.63, 3.8) is 0 Å². The number of nitro groups is 1. The van der Waals surface area contributed by atoms with Gasteiger partial charge in [-0.3, -0.25) is 14.9 Å². The van der Waals surface area contributed by atoms with E-state index in [0.29, 0.717) is 0 Å². The second kappa shape index (κ2) is 6.53. The Kier molecular flexibility index (Phi) is 4.74. The number of nitrogens with zero attached hydrogens (tertiary/aromatic N) is 3. The minimum atomic E-state index is -0.414.